The highest BCUT2D eigenvalue weighted by Crippen LogP contribution is 2.32. The first-order valence-electron chi connectivity index (χ1n) is 9.78. The lowest BCUT2D eigenvalue weighted by Gasteiger charge is -2.14. The number of amides is 1. The van der Waals surface area contributed by atoms with Crippen molar-refractivity contribution in [1.82, 2.24) is 29.3 Å². The summed E-state index contributed by atoms with van der Waals surface area (Å²) >= 11 is 9.28. The topological polar surface area (TPSA) is 68.3 Å². The molecule has 0 fully saturated rings. The molecule has 172 valence electrons. The molecule has 0 spiro atoms. The summed E-state index contributed by atoms with van der Waals surface area (Å²) in [5.74, 6) is -0.556. The summed E-state index contributed by atoms with van der Waals surface area (Å²) in [6.45, 7) is 2.73. The van der Waals surface area contributed by atoms with Crippen LogP contribution in [0.5, 0.6) is 0 Å². The van der Waals surface area contributed by atoms with E-state index in [0.717, 1.165) is 10.5 Å². The van der Waals surface area contributed by atoms with E-state index in [0.29, 0.717) is 27.3 Å². The minimum atomic E-state index is -4.71. The van der Waals surface area contributed by atoms with E-state index >= 15 is 0 Å². The van der Waals surface area contributed by atoms with Crippen LogP contribution in [0.3, 0.4) is 0 Å². The summed E-state index contributed by atoms with van der Waals surface area (Å²) in [5, 5.41) is 8.73. The molecule has 33 heavy (non-hydrogen) atoms. The fourth-order valence-corrected chi connectivity index (χ4v) is 3.81. The number of hydrogen-bond acceptors (Lipinski definition) is 4. The number of halogens is 5. The Bertz CT molecular complexity index is 1330. The molecule has 0 unspecified atom stereocenters. The van der Waals surface area contributed by atoms with Crippen molar-refractivity contribution >= 4 is 39.1 Å². The van der Waals surface area contributed by atoms with Gasteiger partial charge in [-0.05, 0) is 41.1 Å². The molecular weight excluding hydrogens is 525 g/mol. The molecule has 0 aliphatic rings. The van der Waals surface area contributed by atoms with Gasteiger partial charge in [-0.2, -0.15) is 23.4 Å². The van der Waals surface area contributed by atoms with Crippen LogP contribution < -0.4 is 0 Å². The van der Waals surface area contributed by atoms with Crippen LogP contribution in [0.15, 0.2) is 47.1 Å². The highest BCUT2D eigenvalue weighted by molar-refractivity contribution is 9.10. The monoisotopic (exact) mass is 540 g/mol. The second-order valence-electron chi connectivity index (χ2n) is 7.27. The van der Waals surface area contributed by atoms with Gasteiger partial charge in [-0.15, -0.1) is 0 Å². The van der Waals surface area contributed by atoms with E-state index in [-0.39, 0.29) is 23.6 Å². The summed E-state index contributed by atoms with van der Waals surface area (Å²) in [6.07, 6.45) is -2.92. The van der Waals surface area contributed by atoms with Crippen LogP contribution in [-0.2, 0) is 19.3 Å². The highest BCUT2D eigenvalue weighted by Gasteiger charge is 2.36. The summed E-state index contributed by atoms with van der Waals surface area (Å²) in [4.78, 5) is 18.6. The van der Waals surface area contributed by atoms with E-state index in [1.165, 1.54) is 18.0 Å². The first kappa shape index (κ1) is 23.2. The van der Waals surface area contributed by atoms with E-state index in [4.69, 9.17) is 11.6 Å². The predicted molar refractivity (Wildman–Crippen MR) is 120 cm³/mol. The lowest BCUT2D eigenvalue weighted by molar-refractivity contribution is -0.142. The van der Waals surface area contributed by atoms with Gasteiger partial charge in [-0.1, -0.05) is 23.7 Å². The Balaban J connectivity index is 1.72. The van der Waals surface area contributed by atoms with Gasteiger partial charge < -0.3 is 4.90 Å². The van der Waals surface area contributed by atoms with Gasteiger partial charge in [0, 0.05) is 36.4 Å². The summed E-state index contributed by atoms with van der Waals surface area (Å²) in [5.41, 5.74) is -0.125. The normalized spacial score (nSPS) is 11.8. The van der Waals surface area contributed by atoms with E-state index in [1.807, 2.05) is 6.92 Å². The maximum Gasteiger partial charge on any atom is 0.433 e. The SMILES string of the molecule is CCn1cc(Br)c(CN(C)C(=O)c2cc3nc(-c4ccc(Cl)cc4)cc(C(F)(F)F)n3n2)n1. The van der Waals surface area contributed by atoms with Crippen molar-refractivity contribution in [2.24, 2.45) is 0 Å². The van der Waals surface area contributed by atoms with Crippen LogP contribution in [0.25, 0.3) is 16.9 Å². The molecule has 0 saturated heterocycles. The molecule has 12 heteroatoms. The van der Waals surface area contributed by atoms with Crippen LogP contribution in [0.4, 0.5) is 13.2 Å². The van der Waals surface area contributed by atoms with Crippen LogP contribution in [0, 0.1) is 0 Å². The minimum absolute atomic E-state index is 0.0905. The maximum atomic E-state index is 13.8. The second-order valence-corrected chi connectivity index (χ2v) is 8.56. The van der Waals surface area contributed by atoms with E-state index < -0.39 is 17.8 Å². The van der Waals surface area contributed by atoms with E-state index in [1.54, 1.807) is 35.1 Å². The fraction of sp³-hybridized carbons (Fsp3) is 0.238. The molecule has 1 aromatic carbocycles. The van der Waals surface area contributed by atoms with Crippen LogP contribution in [0.1, 0.15) is 28.8 Å². The standard InChI is InChI=1S/C21H17BrClF3N6O/c1-3-31-10-14(22)17(28-31)11-30(2)20(33)16-9-19-27-15(12-4-6-13(23)7-5-12)8-18(21(24,25)26)32(19)29-16/h4-10H,3,11H2,1-2H3. The molecule has 1 amide bonds. The van der Waals surface area contributed by atoms with E-state index in [2.05, 4.69) is 31.1 Å². The van der Waals surface area contributed by atoms with Crippen molar-refractivity contribution in [2.75, 3.05) is 7.05 Å². The molecule has 0 aliphatic heterocycles. The highest BCUT2D eigenvalue weighted by atomic mass is 79.9. The van der Waals surface area contributed by atoms with Gasteiger partial charge in [0.2, 0.25) is 0 Å². The zero-order chi connectivity index (χ0) is 23.9. The first-order chi connectivity index (χ1) is 15.6. The molecule has 0 aliphatic carbocycles. The van der Waals surface area contributed by atoms with Crippen LogP contribution in [0.2, 0.25) is 5.02 Å². The Morgan fingerprint density at radius 2 is 1.88 bits per heavy atom. The number of alkyl halides is 3. The largest absolute Gasteiger partial charge is 0.433 e. The van der Waals surface area contributed by atoms with Crippen molar-refractivity contribution < 1.29 is 18.0 Å². The molecule has 4 rings (SSSR count). The molecule has 4 aromatic rings. The lowest BCUT2D eigenvalue weighted by atomic mass is 10.1. The van der Waals surface area contributed by atoms with E-state index in [9.17, 15) is 18.0 Å². The third-order valence-corrected chi connectivity index (χ3v) is 5.84. The summed E-state index contributed by atoms with van der Waals surface area (Å²) in [6, 6.07) is 8.42. The lowest BCUT2D eigenvalue weighted by Crippen LogP contribution is -2.27. The number of aromatic nitrogens is 5. The number of rotatable bonds is 5. The number of carbonyl (C=O) groups excluding carboxylic acids is 1. The molecule has 3 aromatic heterocycles. The molecule has 0 saturated carbocycles. The van der Waals surface area contributed by atoms with Crippen molar-refractivity contribution in [3.05, 3.63) is 69.2 Å². The minimum Gasteiger partial charge on any atom is -0.334 e. The van der Waals surface area contributed by atoms with Crippen molar-refractivity contribution in [3.8, 4) is 11.3 Å². The fourth-order valence-electron chi connectivity index (χ4n) is 3.25. The van der Waals surface area contributed by atoms with Gasteiger partial charge >= 0.3 is 6.18 Å². The Kier molecular flexibility index (Phi) is 6.19. The molecule has 7 nitrogen and oxygen atoms in total. The number of aryl methyl sites for hydroxylation is 1. The molecule has 3 heterocycles. The average molecular weight is 542 g/mol. The summed E-state index contributed by atoms with van der Waals surface area (Å²) < 4.78 is 44.5. The molecule has 0 radical (unpaired) electrons. The number of benzene rings is 1. The Morgan fingerprint density at radius 3 is 2.48 bits per heavy atom. The quantitative estimate of drug-likeness (QED) is 0.343. The molecular formula is C21H17BrClF3N6O. The molecule has 0 bridgehead atoms. The van der Waals surface area contributed by atoms with Gasteiger partial charge in [-0.25, -0.2) is 9.50 Å². The second kappa shape index (κ2) is 8.79. The number of hydrogen-bond donors (Lipinski definition) is 0. The molecule has 0 atom stereocenters. The van der Waals surface area contributed by atoms with Crippen molar-refractivity contribution in [3.63, 3.8) is 0 Å². The smallest absolute Gasteiger partial charge is 0.334 e. The Hall–Kier alpha value is -2.92. The zero-order valence-corrected chi connectivity index (χ0v) is 19.8. The zero-order valence-electron chi connectivity index (χ0n) is 17.4. The van der Waals surface area contributed by atoms with Gasteiger partial charge in [0.1, 0.15) is 0 Å². The van der Waals surface area contributed by atoms with Crippen molar-refractivity contribution in [2.45, 2.75) is 26.2 Å². The first-order valence-corrected chi connectivity index (χ1v) is 10.9. The van der Waals surface area contributed by atoms with Gasteiger partial charge in [0.15, 0.2) is 17.0 Å². The van der Waals surface area contributed by atoms with Crippen LogP contribution in [-0.4, -0.2) is 42.2 Å². The number of nitrogens with zero attached hydrogens (tertiary/aromatic N) is 6. The van der Waals surface area contributed by atoms with Gasteiger partial charge in [-0.3, -0.25) is 9.48 Å². The summed E-state index contributed by atoms with van der Waals surface area (Å²) in [7, 11) is 1.53. The van der Waals surface area contributed by atoms with Gasteiger partial charge in [0.05, 0.1) is 22.4 Å². The van der Waals surface area contributed by atoms with Gasteiger partial charge in [0.25, 0.3) is 5.91 Å². The number of carbonyl (C=O) groups is 1. The average Bonchev–Trinajstić information content (AvgIpc) is 3.35. The van der Waals surface area contributed by atoms with Crippen molar-refractivity contribution in [1.29, 1.82) is 0 Å². The van der Waals surface area contributed by atoms with Crippen LogP contribution >= 0.6 is 27.5 Å². The maximum absolute atomic E-state index is 13.8. The predicted octanol–water partition coefficient (Wildman–Crippen LogP) is 5.32. The molecule has 0 N–H and O–H groups in total. The number of fused-ring (bicyclic) bond motifs is 1. The Labute approximate surface area is 199 Å². The third-order valence-electron chi connectivity index (χ3n) is 4.92. The third kappa shape index (κ3) is 4.74. The Morgan fingerprint density at radius 1 is 1.18 bits per heavy atom.